The molecule has 2 heterocycles. The molecule has 17 heavy (non-hydrogen) atoms. The third-order valence-electron chi connectivity index (χ3n) is 4.37. The number of rotatable bonds is 1. The van der Waals surface area contributed by atoms with E-state index in [1.807, 2.05) is 0 Å². The molecule has 0 spiro atoms. The topological polar surface area (TPSA) is 64.3 Å². The van der Waals surface area contributed by atoms with E-state index in [9.17, 15) is 4.79 Å². The van der Waals surface area contributed by atoms with Gasteiger partial charge in [0.1, 0.15) is 11.9 Å². The lowest BCUT2D eigenvalue weighted by Crippen LogP contribution is -2.40. The fourth-order valence-corrected chi connectivity index (χ4v) is 3.51. The second kappa shape index (κ2) is 4.02. The number of fused-ring (bicyclic) bond motifs is 1. The van der Waals surface area contributed by atoms with Crippen molar-refractivity contribution < 1.29 is 9.53 Å². The number of nitrogens with one attached hydrogen (secondary N) is 1. The summed E-state index contributed by atoms with van der Waals surface area (Å²) in [5, 5.41) is 2.99. The van der Waals surface area contributed by atoms with E-state index >= 15 is 0 Å². The van der Waals surface area contributed by atoms with Crippen molar-refractivity contribution in [1.29, 1.82) is 0 Å². The molecule has 2 fully saturated rings. The molecule has 0 radical (unpaired) electrons. The largest absolute Gasteiger partial charge is 0.492 e. The van der Waals surface area contributed by atoms with Crippen molar-refractivity contribution in [3.63, 3.8) is 0 Å². The molecule has 0 aromatic carbocycles. The van der Waals surface area contributed by atoms with E-state index in [1.54, 1.807) is 0 Å². The molecule has 2 aliphatic heterocycles. The van der Waals surface area contributed by atoms with Crippen LogP contribution in [-0.2, 0) is 9.53 Å². The smallest absolute Gasteiger partial charge is 0.220 e. The van der Waals surface area contributed by atoms with Gasteiger partial charge in [0.05, 0.1) is 6.04 Å². The van der Waals surface area contributed by atoms with Crippen LogP contribution in [-0.4, -0.2) is 24.1 Å². The quantitative estimate of drug-likeness (QED) is 0.715. The lowest BCUT2D eigenvalue weighted by Gasteiger charge is -2.31. The predicted molar refractivity (Wildman–Crippen MR) is 64.1 cm³/mol. The molecule has 1 aliphatic carbocycles. The SMILES string of the molecule is CC1=C([C@@H]2CCC(=O)N2)OC2CCCC(N)C12. The lowest BCUT2D eigenvalue weighted by molar-refractivity contribution is -0.119. The third-order valence-corrected chi connectivity index (χ3v) is 4.37. The van der Waals surface area contributed by atoms with Gasteiger partial charge in [-0.1, -0.05) is 0 Å². The van der Waals surface area contributed by atoms with Gasteiger partial charge in [0, 0.05) is 18.4 Å². The molecular weight excluding hydrogens is 216 g/mol. The van der Waals surface area contributed by atoms with Crippen LogP contribution in [0.3, 0.4) is 0 Å². The molecule has 1 amide bonds. The maximum absolute atomic E-state index is 11.3. The first kappa shape index (κ1) is 11.1. The minimum atomic E-state index is 0.0975. The van der Waals surface area contributed by atoms with E-state index in [2.05, 4.69) is 12.2 Å². The van der Waals surface area contributed by atoms with Crippen LogP contribution in [0.4, 0.5) is 0 Å². The Bertz CT molecular complexity index is 378. The summed E-state index contributed by atoms with van der Waals surface area (Å²) in [6.45, 7) is 2.12. The van der Waals surface area contributed by atoms with Gasteiger partial charge in [0.2, 0.25) is 5.91 Å². The number of ether oxygens (including phenoxy) is 1. The van der Waals surface area contributed by atoms with Crippen LogP contribution in [0, 0.1) is 5.92 Å². The van der Waals surface area contributed by atoms with Gasteiger partial charge in [-0.3, -0.25) is 4.79 Å². The fraction of sp³-hybridized carbons (Fsp3) is 0.769. The standard InChI is InChI=1S/C13H20N2O2/c1-7-12-8(14)3-2-4-10(12)17-13(7)9-5-6-11(16)15-9/h8-10,12H,2-6,14H2,1H3,(H,15,16)/t8?,9-,10?,12?/m0/s1. The minimum Gasteiger partial charge on any atom is -0.492 e. The van der Waals surface area contributed by atoms with Crippen molar-refractivity contribution in [2.24, 2.45) is 11.7 Å². The fourth-order valence-electron chi connectivity index (χ4n) is 3.51. The summed E-state index contributed by atoms with van der Waals surface area (Å²) in [5.41, 5.74) is 7.47. The van der Waals surface area contributed by atoms with Crippen LogP contribution < -0.4 is 11.1 Å². The minimum absolute atomic E-state index is 0.0975. The molecule has 0 aromatic heterocycles. The maximum atomic E-state index is 11.3. The van der Waals surface area contributed by atoms with Crippen LogP contribution >= 0.6 is 0 Å². The van der Waals surface area contributed by atoms with Crippen molar-refractivity contribution in [1.82, 2.24) is 5.32 Å². The summed E-state index contributed by atoms with van der Waals surface area (Å²) in [6.07, 6.45) is 5.07. The van der Waals surface area contributed by atoms with Crippen molar-refractivity contribution in [2.45, 2.75) is 57.2 Å². The molecule has 4 atom stereocenters. The molecule has 0 aromatic rings. The Balaban J connectivity index is 1.83. The Morgan fingerprint density at radius 2 is 2.18 bits per heavy atom. The normalized spacial score (nSPS) is 41.2. The van der Waals surface area contributed by atoms with Crippen molar-refractivity contribution in [3.05, 3.63) is 11.3 Å². The van der Waals surface area contributed by atoms with E-state index < -0.39 is 0 Å². The van der Waals surface area contributed by atoms with Gasteiger partial charge in [0.25, 0.3) is 0 Å². The zero-order valence-electron chi connectivity index (χ0n) is 10.2. The number of amides is 1. The zero-order chi connectivity index (χ0) is 12.0. The molecule has 3 rings (SSSR count). The maximum Gasteiger partial charge on any atom is 0.220 e. The van der Waals surface area contributed by atoms with Crippen molar-refractivity contribution in [3.8, 4) is 0 Å². The highest BCUT2D eigenvalue weighted by molar-refractivity contribution is 5.79. The molecule has 3 aliphatic rings. The van der Waals surface area contributed by atoms with E-state index in [0.29, 0.717) is 12.3 Å². The number of hydrogen-bond acceptors (Lipinski definition) is 3. The summed E-state index contributed by atoms with van der Waals surface area (Å²) in [6, 6.07) is 0.323. The Morgan fingerprint density at radius 1 is 1.35 bits per heavy atom. The van der Waals surface area contributed by atoms with Gasteiger partial charge in [-0.25, -0.2) is 0 Å². The van der Waals surface area contributed by atoms with Crippen LogP contribution in [0.5, 0.6) is 0 Å². The van der Waals surface area contributed by atoms with E-state index in [0.717, 1.165) is 31.4 Å². The molecule has 4 heteroatoms. The number of carbonyl (C=O) groups excluding carboxylic acids is 1. The molecule has 1 saturated carbocycles. The van der Waals surface area contributed by atoms with Gasteiger partial charge in [-0.2, -0.15) is 0 Å². The van der Waals surface area contributed by atoms with Crippen molar-refractivity contribution in [2.75, 3.05) is 0 Å². The molecule has 1 saturated heterocycles. The first-order valence-electron chi connectivity index (χ1n) is 6.59. The molecule has 4 nitrogen and oxygen atoms in total. The van der Waals surface area contributed by atoms with Gasteiger partial charge in [0.15, 0.2) is 0 Å². The monoisotopic (exact) mass is 236 g/mol. The first-order valence-corrected chi connectivity index (χ1v) is 6.59. The molecule has 3 unspecified atom stereocenters. The molecular formula is C13H20N2O2. The second-order valence-electron chi connectivity index (χ2n) is 5.48. The average molecular weight is 236 g/mol. The molecule has 3 N–H and O–H groups in total. The highest BCUT2D eigenvalue weighted by atomic mass is 16.5. The summed E-state index contributed by atoms with van der Waals surface area (Å²) < 4.78 is 6.07. The summed E-state index contributed by atoms with van der Waals surface area (Å²) >= 11 is 0. The highest BCUT2D eigenvalue weighted by Crippen LogP contribution is 2.41. The number of hydrogen-bond donors (Lipinski definition) is 2. The summed E-state index contributed by atoms with van der Waals surface area (Å²) in [4.78, 5) is 11.3. The van der Waals surface area contributed by atoms with Crippen LogP contribution in [0.25, 0.3) is 0 Å². The second-order valence-corrected chi connectivity index (χ2v) is 5.48. The summed E-state index contributed by atoms with van der Waals surface area (Å²) in [7, 11) is 0. The van der Waals surface area contributed by atoms with Gasteiger partial charge < -0.3 is 15.8 Å². The Hall–Kier alpha value is -1.03. The van der Waals surface area contributed by atoms with Gasteiger partial charge in [-0.15, -0.1) is 0 Å². The Kier molecular flexibility index (Phi) is 2.62. The van der Waals surface area contributed by atoms with Crippen LogP contribution in [0.1, 0.15) is 39.0 Å². The molecule has 0 bridgehead atoms. The Morgan fingerprint density at radius 3 is 2.82 bits per heavy atom. The zero-order valence-corrected chi connectivity index (χ0v) is 10.2. The summed E-state index contributed by atoms with van der Waals surface area (Å²) in [5.74, 6) is 1.51. The van der Waals surface area contributed by atoms with Crippen LogP contribution in [0.15, 0.2) is 11.3 Å². The highest BCUT2D eigenvalue weighted by Gasteiger charge is 2.43. The van der Waals surface area contributed by atoms with E-state index in [-0.39, 0.29) is 24.1 Å². The van der Waals surface area contributed by atoms with Gasteiger partial charge in [-0.05, 0) is 38.2 Å². The Labute approximate surface area is 102 Å². The number of nitrogens with two attached hydrogens (primary N) is 1. The lowest BCUT2D eigenvalue weighted by atomic mass is 9.79. The third kappa shape index (κ3) is 1.75. The first-order chi connectivity index (χ1) is 8.16. The van der Waals surface area contributed by atoms with Crippen LogP contribution in [0.2, 0.25) is 0 Å². The average Bonchev–Trinajstić information content (AvgIpc) is 2.84. The molecule has 94 valence electrons. The number of carbonyl (C=O) groups is 1. The van der Waals surface area contributed by atoms with Gasteiger partial charge >= 0.3 is 0 Å². The van der Waals surface area contributed by atoms with Crippen molar-refractivity contribution >= 4 is 5.91 Å². The van der Waals surface area contributed by atoms with E-state index in [4.69, 9.17) is 10.5 Å². The predicted octanol–water partition coefficient (Wildman–Crippen LogP) is 1.07. The van der Waals surface area contributed by atoms with E-state index in [1.165, 1.54) is 5.57 Å².